The number of hydrogen-bond acceptors (Lipinski definition) is 3. The van der Waals surface area contributed by atoms with Crippen molar-refractivity contribution < 1.29 is 23.7 Å². The first-order chi connectivity index (χ1) is 11.3. The van der Waals surface area contributed by atoms with E-state index in [4.69, 9.17) is 14.3 Å². The van der Waals surface area contributed by atoms with Gasteiger partial charge in [0, 0.05) is 17.8 Å². The number of benzene rings is 1. The van der Waals surface area contributed by atoms with Gasteiger partial charge in [0.1, 0.15) is 11.5 Å². The topological polar surface area (TPSA) is 83.8 Å². The summed E-state index contributed by atoms with van der Waals surface area (Å²) in [4.78, 5) is 30.2. The first-order valence-corrected chi connectivity index (χ1v) is 9.92. The number of ketones is 1. The van der Waals surface area contributed by atoms with Crippen LogP contribution in [0.4, 0.5) is 0 Å². The molecule has 0 bridgehead atoms. The van der Waals surface area contributed by atoms with Gasteiger partial charge in [0.15, 0.2) is 0 Å². The van der Waals surface area contributed by atoms with Crippen LogP contribution in [-0.2, 0) is 15.8 Å². The molecule has 2 fully saturated rings. The second kappa shape index (κ2) is 5.29. The van der Waals surface area contributed by atoms with Crippen molar-refractivity contribution in [3.05, 3.63) is 41.0 Å². The minimum Gasteiger partial charge on any atom is -0.404 e. The Morgan fingerprint density at radius 2 is 2.08 bits per heavy atom. The average molecular weight is 348 g/mol. The van der Waals surface area contributed by atoms with Crippen molar-refractivity contribution in [2.75, 3.05) is 0 Å². The van der Waals surface area contributed by atoms with E-state index < -0.39 is 7.82 Å². The van der Waals surface area contributed by atoms with E-state index in [9.17, 15) is 9.36 Å². The highest BCUT2D eigenvalue weighted by Gasteiger charge is 2.52. The Labute approximate surface area is 141 Å². The Hall–Kier alpha value is -1.42. The van der Waals surface area contributed by atoms with Crippen molar-refractivity contribution in [3.8, 4) is 5.75 Å². The summed E-state index contributed by atoms with van der Waals surface area (Å²) in [7, 11) is -4.54. The maximum Gasteiger partial charge on any atom is 0.524 e. The van der Waals surface area contributed by atoms with Crippen LogP contribution in [0, 0.1) is 11.3 Å². The van der Waals surface area contributed by atoms with Crippen LogP contribution in [0.1, 0.15) is 49.7 Å². The maximum absolute atomic E-state index is 12.3. The molecule has 6 heteroatoms. The van der Waals surface area contributed by atoms with E-state index in [-0.39, 0.29) is 11.2 Å². The zero-order chi connectivity index (χ0) is 17.1. The predicted molar refractivity (Wildman–Crippen MR) is 88.7 cm³/mol. The Bertz CT molecular complexity index is 793. The summed E-state index contributed by atoms with van der Waals surface area (Å²) in [5.74, 6) is 1.28. The quantitative estimate of drug-likeness (QED) is 0.631. The first kappa shape index (κ1) is 16.1. The molecule has 0 aromatic heterocycles. The fourth-order valence-corrected chi connectivity index (χ4v) is 5.30. The number of rotatable bonds is 2. The van der Waals surface area contributed by atoms with Gasteiger partial charge in [-0.05, 0) is 54.9 Å². The van der Waals surface area contributed by atoms with Gasteiger partial charge in [-0.25, -0.2) is 4.57 Å². The van der Waals surface area contributed by atoms with Crippen LogP contribution >= 0.6 is 7.82 Å². The summed E-state index contributed by atoms with van der Waals surface area (Å²) < 4.78 is 15.7. The molecule has 2 N–H and O–H groups in total. The van der Waals surface area contributed by atoms with Gasteiger partial charge in [0.05, 0.1) is 0 Å². The smallest absolute Gasteiger partial charge is 0.404 e. The highest BCUT2D eigenvalue weighted by Crippen LogP contribution is 2.58. The van der Waals surface area contributed by atoms with Crippen molar-refractivity contribution in [1.29, 1.82) is 0 Å². The van der Waals surface area contributed by atoms with Gasteiger partial charge in [-0.1, -0.05) is 24.6 Å². The van der Waals surface area contributed by atoms with E-state index in [0.717, 1.165) is 31.2 Å². The van der Waals surface area contributed by atoms with Crippen LogP contribution in [0.5, 0.6) is 5.75 Å². The summed E-state index contributed by atoms with van der Waals surface area (Å²) >= 11 is 0. The van der Waals surface area contributed by atoms with Gasteiger partial charge in [-0.15, -0.1) is 0 Å². The summed E-state index contributed by atoms with van der Waals surface area (Å²) in [5, 5.41) is 0. The number of fused-ring (bicyclic) bond motifs is 5. The lowest BCUT2D eigenvalue weighted by Gasteiger charge is -2.43. The average Bonchev–Trinajstić information content (AvgIpc) is 2.81. The minimum absolute atomic E-state index is 0.191. The zero-order valence-electron chi connectivity index (χ0n) is 13.6. The highest BCUT2D eigenvalue weighted by atomic mass is 31.2. The van der Waals surface area contributed by atoms with Crippen LogP contribution in [0.15, 0.2) is 29.8 Å². The lowest BCUT2D eigenvalue weighted by molar-refractivity contribution is -0.126. The van der Waals surface area contributed by atoms with Gasteiger partial charge >= 0.3 is 7.82 Å². The summed E-state index contributed by atoms with van der Waals surface area (Å²) in [6.45, 7) is 2.12. The zero-order valence-corrected chi connectivity index (χ0v) is 14.5. The number of hydrogen-bond donors (Lipinski definition) is 2. The number of phosphoric acid groups is 1. The second-order valence-electron chi connectivity index (χ2n) is 7.37. The van der Waals surface area contributed by atoms with Gasteiger partial charge in [-0.3, -0.25) is 14.6 Å². The largest absolute Gasteiger partial charge is 0.524 e. The Kier molecular flexibility index (Phi) is 3.54. The third kappa shape index (κ3) is 2.46. The van der Waals surface area contributed by atoms with E-state index in [1.54, 1.807) is 12.1 Å². The predicted octanol–water partition coefficient (Wildman–Crippen LogP) is 3.50. The molecule has 1 aromatic rings. The molecule has 128 valence electrons. The van der Waals surface area contributed by atoms with E-state index in [2.05, 4.69) is 13.0 Å². The molecule has 0 spiro atoms. The second-order valence-corrected chi connectivity index (χ2v) is 8.54. The molecule has 0 radical (unpaired) electrons. The van der Waals surface area contributed by atoms with Crippen LogP contribution in [0.25, 0.3) is 0 Å². The van der Waals surface area contributed by atoms with Crippen molar-refractivity contribution in [2.24, 2.45) is 11.3 Å². The number of phosphoric ester groups is 1. The molecule has 0 heterocycles. The van der Waals surface area contributed by atoms with Crippen LogP contribution in [0.3, 0.4) is 0 Å². The monoisotopic (exact) mass is 348 g/mol. The lowest BCUT2D eigenvalue weighted by atomic mass is 9.60. The van der Waals surface area contributed by atoms with Gasteiger partial charge in [0.2, 0.25) is 0 Å². The fourth-order valence-electron chi connectivity index (χ4n) is 4.92. The molecule has 3 atom stereocenters. The number of Topliss-reactive ketones (excluding diaryl/α,β-unsaturated/α-hetero) is 1. The normalized spacial score (nSPS) is 31.8. The van der Waals surface area contributed by atoms with Crippen LogP contribution < -0.4 is 4.52 Å². The van der Waals surface area contributed by atoms with E-state index >= 15 is 0 Å². The fraction of sp³-hybridized carbons (Fsp3) is 0.500. The standard InChI is InChI=1S/C18H21O5P/c1-18-9-8-14-13-5-3-12(23-24(20,21)22)10-11(13)2-4-15(14)16(18)6-7-17(18)19/h3-5,10,14,16H,2,6-9H2,1H3,(H2,20,21,22)/t14?,16?,18-/m0/s1. The molecule has 2 saturated carbocycles. The molecule has 3 aliphatic rings. The molecule has 5 nitrogen and oxygen atoms in total. The molecular weight excluding hydrogens is 327 g/mol. The number of carbonyl (C=O) groups is 1. The molecule has 0 amide bonds. The lowest BCUT2D eigenvalue weighted by Crippen LogP contribution is -2.37. The Morgan fingerprint density at radius 1 is 1.29 bits per heavy atom. The van der Waals surface area contributed by atoms with E-state index in [0.29, 0.717) is 24.0 Å². The van der Waals surface area contributed by atoms with Gasteiger partial charge in [-0.2, -0.15) is 0 Å². The van der Waals surface area contributed by atoms with Crippen LogP contribution in [0.2, 0.25) is 0 Å². The summed E-state index contributed by atoms with van der Waals surface area (Å²) in [5.41, 5.74) is 3.48. The Morgan fingerprint density at radius 3 is 2.83 bits per heavy atom. The molecule has 1 aromatic carbocycles. The van der Waals surface area contributed by atoms with Crippen LogP contribution in [-0.4, -0.2) is 15.6 Å². The first-order valence-electron chi connectivity index (χ1n) is 8.39. The molecule has 24 heavy (non-hydrogen) atoms. The Balaban J connectivity index is 1.67. The van der Waals surface area contributed by atoms with Crippen molar-refractivity contribution in [2.45, 2.75) is 44.9 Å². The van der Waals surface area contributed by atoms with Crippen molar-refractivity contribution in [1.82, 2.24) is 0 Å². The van der Waals surface area contributed by atoms with Crippen molar-refractivity contribution in [3.63, 3.8) is 0 Å². The van der Waals surface area contributed by atoms with E-state index in [1.165, 1.54) is 11.1 Å². The third-order valence-corrected chi connectivity index (χ3v) is 6.54. The van der Waals surface area contributed by atoms with E-state index in [1.807, 2.05) is 6.07 Å². The molecular formula is C18H21O5P. The SMILES string of the molecule is C[C@]12CCC3C(=CCc4cc(OP(=O)(O)O)ccc43)C1CCC2=O. The molecule has 4 rings (SSSR count). The number of allylic oxidation sites excluding steroid dienone is 2. The maximum atomic E-state index is 12.3. The number of carbonyl (C=O) groups excluding carboxylic acids is 1. The summed E-state index contributed by atoms with van der Waals surface area (Å²) in [6.07, 6.45) is 6.46. The third-order valence-electron chi connectivity index (χ3n) is 6.10. The highest BCUT2D eigenvalue weighted by molar-refractivity contribution is 7.46. The molecule has 0 aliphatic heterocycles. The van der Waals surface area contributed by atoms with Gasteiger partial charge < -0.3 is 4.52 Å². The van der Waals surface area contributed by atoms with Gasteiger partial charge in [0.25, 0.3) is 0 Å². The molecule has 3 aliphatic carbocycles. The molecule has 0 saturated heterocycles. The minimum atomic E-state index is -4.54. The summed E-state index contributed by atoms with van der Waals surface area (Å²) in [6, 6.07) is 5.29. The van der Waals surface area contributed by atoms with Crippen molar-refractivity contribution >= 4 is 13.6 Å². The molecule has 2 unspecified atom stereocenters.